The average molecular weight is 280 g/mol. The maximum absolute atomic E-state index is 12.9. The minimum Gasteiger partial charge on any atom is -0.454 e. The van der Waals surface area contributed by atoms with E-state index in [9.17, 15) is 4.39 Å². The van der Waals surface area contributed by atoms with Crippen LogP contribution in [0.5, 0.6) is 11.5 Å². The second-order valence-corrected chi connectivity index (χ2v) is 4.54. The third-order valence-corrected chi connectivity index (χ3v) is 3.19. The van der Waals surface area contributed by atoms with E-state index in [1.165, 1.54) is 12.1 Å². The van der Waals surface area contributed by atoms with Gasteiger partial charge in [0.1, 0.15) is 5.82 Å². The molecule has 0 atom stereocenters. The van der Waals surface area contributed by atoms with Gasteiger partial charge in [-0.2, -0.15) is 0 Å². The van der Waals surface area contributed by atoms with E-state index in [-0.39, 0.29) is 12.6 Å². The van der Waals surface area contributed by atoms with Gasteiger partial charge in [0.2, 0.25) is 6.79 Å². The number of rotatable bonds is 3. The van der Waals surface area contributed by atoms with Crippen LogP contribution in [0, 0.1) is 5.82 Å². The number of benzene rings is 2. The van der Waals surface area contributed by atoms with Gasteiger partial charge in [0.15, 0.2) is 11.5 Å². The van der Waals surface area contributed by atoms with Gasteiger partial charge in [0.25, 0.3) is 0 Å². The molecular weight excluding hydrogens is 269 g/mol. The molecular formula is C14H11ClFNO2. The van der Waals surface area contributed by atoms with E-state index in [1.807, 2.05) is 18.2 Å². The van der Waals surface area contributed by atoms with Gasteiger partial charge in [-0.1, -0.05) is 23.7 Å². The minimum atomic E-state index is -0.354. The summed E-state index contributed by atoms with van der Waals surface area (Å²) in [5, 5.41) is 3.50. The molecule has 0 amide bonds. The van der Waals surface area contributed by atoms with Crippen LogP contribution in [0.1, 0.15) is 5.56 Å². The van der Waals surface area contributed by atoms with Crippen LogP contribution < -0.4 is 14.8 Å². The highest BCUT2D eigenvalue weighted by atomic mass is 35.5. The zero-order valence-corrected chi connectivity index (χ0v) is 10.7. The standard InChI is InChI=1S/C14H11ClFNO2/c15-11-6-10(16)4-5-12(11)17-7-9-2-1-3-13-14(9)19-8-18-13/h1-6,17H,7-8H2. The van der Waals surface area contributed by atoms with Crippen LogP contribution in [0.2, 0.25) is 5.02 Å². The SMILES string of the molecule is Fc1ccc(NCc2cccc3c2OCO3)c(Cl)c1. The molecule has 19 heavy (non-hydrogen) atoms. The predicted molar refractivity (Wildman–Crippen MR) is 71.3 cm³/mol. The fourth-order valence-electron chi connectivity index (χ4n) is 1.95. The van der Waals surface area contributed by atoms with E-state index in [4.69, 9.17) is 21.1 Å². The average Bonchev–Trinajstić information content (AvgIpc) is 2.86. The van der Waals surface area contributed by atoms with Crippen molar-refractivity contribution in [2.75, 3.05) is 12.1 Å². The predicted octanol–water partition coefficient (Wildman–Crippen LogP) is 3.82. The van der Waals surface area contributed by atoms with Crippen LogP contribution >= 0.6 is 11.6 Å². The highest BCUT2D eigenvalue weighted by Crippen LogP contribution is 2.35. The fourth-order valence-corrected chi connectivity index (χ4v) is 2.19. The van der Waals surface area contributed by atoms with Gasteiger partial charge in [0.05, 0.1) is 10.7 Å². The summed E-state index contributed by atoms with van der Waals surface area (Å²) in [6.07, 6.45) is 0. The Morgan fingerprint density at radius 1 is 1.21 bits per heavy atom. The quantitative estimate of drug-likeness (QED) is 0.926. The van der Waals surface area contributed by atoms with Crippen LogP contribution in [-0.2, 0) is 6.54 Å². The number of nitrogens with one attached hydrogen (secondary N) is 1. The van der Waals surface area contributed by atoms with Crippen molar-refractivity contribution >= 4 is 17.3 Å². The Kier molecular flexibility index (Phi) is 3.17. The number of halogens is 2. The number of hydrogen-bond acceptors (Lipinski definition) is 3. The van der Waals surface area contributed by atoms with E-state index >= 15 is 0 Å². The first-order chi connectivity index (χ1) is 9.24. The molecule has 1 aliphatic heterocycles. The summed E-state index contributed by atoms with van der Waals surface area (Å²) >= 11 is 5.95. The molecule has 0 fully saturated rings. The smallest absolute Gasteiger partial charge is 0.231 e. The Morgan fingerprint density at radius 2 is 2.11 bits per heavy atom. The van der Waals surface area contributed by atoms with Crippen LogP contribution in [0.15, 0.2) is 36.4 Å². The molecule has 0 aromatic heterocycles. The van der Waals surface area contributed by atoms with Crippen molar-refractivity contribution < 1.29 is 13.9 Å². The molecule has 2 aromatic carbocycles. The van der Waals surface area contributed by atoms with Crippen molar-refractivity contribution in [2.45, 2.75) is 6.54 Å². The van der Waals surface area contributed by atoms with Gasteiger partial charge < -0.3 is 14.8 Å². The molecule has 0 bridgehead atoms. The number of fused-ring (bicyclic) bond motifs is 1. The summed E-state index contributed by atoms with van der Waals surface area (Å²) in [6.45, 7) is 0.765. The van der Waals surface area contributed by atoms with Crippen LogP contribution in [0.4, 0.5) is 10.1 Å². The van der Waals surface area contributed by atoms with E-state index in [1.54, 1.807) is 6.07 Å². The Morgan fingerprint density at radius 3 is 2.95 bits per heavy atom. The van der Waals surface area contributed by atoms with E-state index in [2.05, 4.69) is 5.32 Å². The summed E-state index contributed by atoms with van der Waals surface area (Å²) < 4.78 is 23.7. The summed E-state index contributed by atoms with van der Waals surface area (Å²) in [5.74, 6) is 1.13. The number of anilines is 1. The van der Waals surface area contributed by atoms with Gasteiger partial charge in [-0.3, -0.25) is 0 Å². The zero-order valence-electron chi connectivity index (χ0n) is 9.95. The first-order valence-corrected chi connectivity index (χ1v) is 6.18. The van der Waals surface area contributed by atoms with Crippen LogP contribution in [0.25, 0.3) is 0 Å². The Bertz CT molecular complexity index is 618. The number of para-hydroxylation sites is 1. The molecule has 0 unspecified atom stereocenters. The van der Waals surface area contributed by atoms with Crippen molar-refractivity contribution in [2.24, 2.45) is 0 Å². The molecule has 1 heterocycles. The lowest BCUT2D eigenvalue weighted by Crippen LogP contribution is -2.01. The fraction of sp³-hybridized carbons (Fsp3) is 0.143. The van der Waals surface area contributed by atoms with Crippen molar-refractivity contribution in [3.8, 4) is 11.5 Å². The summed E-state index contributed by atoms with van der Waals surface area (Å²) in [7, 11) is 0. The van der Waals surface area contributed by atoms with Crippen LogP contribution in [0.3, 0.4) is 0 Å². The van der Waals surface area contributed by atoms with Crippen molar-refractivity contribution in [1.82, 2.24) is 0 Å². The van der Waals surface area contributed by atoms with Crippen LogP contribution in [-0.4, -0.2) is 6.79 Å². The summed E-state index contributed by atoms with van der Waals surface area (Å²) in [4.78, 5) is 0. The molecule has 0 aliphatic carbocycles. The monoisotopic (exact) mass is 279 g/mol. The molecule has 0 spiro atoms. The summed E-state index contributed by atoms with van der Waals surface area (Å²) in [5.41, 5.74) is 1.65. The van der Waals surface area contributed by atoms with Crippen molar-refractivity contribution in [3.63, 3.8) is 0 Å². The molecule has 3 nitrogen and oxygen atoms in total. The molecule has 98 valence electrons. The number of ether oxygens (including phenoxy) is 2. The lowest BCUT2D eigenvalue weighted by Gasteiger charge is -2.10. The van der Waals surface area contributed by atoms with E-state index < -0.39 is 0 Å². The van der Waals surface area contributed by atoms with E-state index in [0.717, 1.165) is 17.1 Å². The zero-order chi connectivity index (χ0) is 13.2. The second kappa shape index (κ2) is 4.97. The molecule has 1 N–H and O–H groups in total. The first-order valence-electron chi connectivity index (χ1n) is 5.80. The first kappa shape index (κ1) is 12.1. The Hall–Kier alpha value is -1.94. The largest absolute Gasteiger partial charge is 0.454 e. The third kappa shape index (κ3) is 2.44. The van der Waals surface area contributed by atoms with Gasteiger partial charge >= 0.3 is 0 Å². The molecule has 3 rings (SSSR count). The lowest BCUT2D eigenvalue weighted by molar-refractivity contribution is 0.173. The Labute approximate surface area is 114 Å². The van der Waals surface area contributed by atoms with Gasteiger partial charge in [-0.15, -0.1) is 0 Å². The van der Waals surface area contributed by atoms with Gasteiger partial charge in [-0.25, -0.2) is 4.39 Å². The maximum Gasteiger partial charge on any atom is 0.231 e. The normalized spacial score (nSPS) is 12.5. The molecule has 0 saturated heterocycles. The second-order valence-electron chi connectivity index (χ2n) is 4.13. The molecule has 1 aliphatic rings. The van der Waals surface area contributed by atoms with Gasteiger partial charge in [0, 0.05) is 12.1 Å². The van der Waals surface area contributed by atoms with E-state index in [0.29, 0.717) is 17.3 Å². The molecule has 2 aromatic rings. The third-order valence-electron chi connectivity index (χ3n) is 2.88. The highest BCUT2D eigenvalue weighted by molar-refractivity contribution is 6.33. The highest BCUT2D eigenvalue weighted by Gasteiger charge is 2.16. The molecule has 5 heteroatoms. The molecule has 0 radical (unpaired) electrons. The van der Waals surface area contributed by atoms with Crippen molar-refractivity contribution in [1.29, 1.82) is 0 Å². The molecule has 0 saturated carbocycles. The maximum atomic E-state index is 12.9. The summed E-state index contributed by atoms with van der Waals surface area (Å²) in [6, 6.07) is 9.95. The number of hydrogen-bond donors (Lipinski definition) is 1. The van der Waals surface area contributed by atoms with Crippen molar-refractivity contribution in [3.05, 3.63) is 52.8 Å². The lowest BCUT2D eigenvalue weighted by atomic mass is 10.2. The minimum absolute atomic E-state index is 0.240. The topological polar surface area (TPSA) is 30.5 Å². The van der Waals surface area contributed by atoms with Gasteiger partial charge in [-0.05, 0) is 24.3 Å². The Balaban J connectivity index is 1.78.